The second-order valence-electron chi connectivity index (χ2n) is 25.0. The van der Waals surface area contributed by atoms with Gasteiger partial charge in [0, 0.05) is 97.5 Å². The van der Waals surface area contributed by atoms with E-state index in [1.54, 1.807) is 0 Å². The number of fused-ring (bicyclic) bond motifs is 6. The molecule has 5 heterocycles. The van der Waals surface area contributed by atoms with Gasteiger partial charge >= 0.3 is 0 Å². The molecule has 15 heteroatoms. The minimum Gasteiger partial charge on any atom is -0.383 e. The number of aromatic nitrogens is 10. The first-order valence-electron chi connectivity index (χ1n) is 27.4. The van der Waals surface area contributed by atoms with Crippen LogP contribution < -0.4 is 5.73 Å². The van der Waals surface area contributed by atoms with E-state index in [0.717, 1.165) is 113 Å². The molecule has 4 aliphatic rings. The van der Waals surface area contributed by atoms with Gasteiger partial charge in [-0.25, -0.2) is 9.97 Å². The van der Waals surface area contributed by atoms with Crippen molar-refractivity contribution in [3.8, 4) is 11.3 Å². The fourth-order valence-corrected chi connectivity index (χ4v) is 11.5. The Morgan fingerprint density at radius 1 is 0.608 bits per heavy atom. The van der Waals surface area contributed by atoms with Crippen LogP contribution in [0.3, 0.4) is 0 Å². The third-order valence-corrected chi connectivity index (χ3v) is 15.3. The summed E-state index contributed by atoms with van der Waals surface area (Å²) in [4.78, 5) is 47.7. The molecule has 0 spiro atoms. The summed E-state index contributed by atoms with van der Waals surface area (Å²) in [6.07, 6.45) is 8.60. The highest BCUT2D eigenvalue weighted by molar-refractivity contribution is 6.12. The molecule has 0 atom stereocenters. The predicted molar refractivity (Wildman–Crippen MR) is 298 cm³/mol. The summed E-state index contributed by atoms with van der Waals surface area (Å²) >= 11 is 0. The molecule has 0 unspecified atom stereocenters. The number of nitrogens with one attached hydrogen (secondary N) is 1. The molecule has 0 amide bonds. The summed E-state index contributed by atoms with van der Waals surface area (Å²) in [5.74, 6) is 2.38. The standard InChI is InChI=1S/C17H27N3O.C16H23N5.C14H22N2O.C12H18N2O/c1-8-20-14(11(2)3)13-15(21)12(10-19(6)7)9-17(4,5)16(13)18-20;1-6-21-13(9(2)3)11-12-10(8-18-15(17)19-12)7-16(4,5)14(11)20-21;1-6-16-12(9(2)3)11-10(17)7-8-14(4,5)13(11)15-16;1-7(2)10-9-8(15)5-6-12(3,4)11(9)14-13-10/h10-11H,8-9H2,1-7H3;8-9H,6-7H2,1-5H3,(H2,17,18,19);9H,6-8H2,1-5H3;7H,5-6H2,1-4H3,(H,13,14)/b12-10-;;;. The van der Waals surface area contributed by atoms with Gasteiger partial charge in [0.15, 0.2) is 17.3 Å². The van der Waals surface area contributed by atoms with Gasteiger partial charge in [-0.2, -0.15) is 20.4 Å². The van der Waals surface area contributed by atoms with Crippen molar-refractivity contribution in [2.24, 2.45) is 0 Å². The first kappa shape index (κ1) is 57.5. The Morgan fingerprint density at radius 2 is 1.04 bits per heavy atom. The van der Waals surface area contributed by atoms with Crippen LogP contribution in [0.15, 0.2) is 18.0 Å². The first-order chi connectivity index (χ1) is 34.3. The van der Waals surface area contributed by atoms with E-state index < -0.39 is 0 Å². The summed E-state index contributed by atoms with van der Waals surface area (Å²) < 4.78 is 6.14. The number of allylic oxidation sites excluding steroid dienone is 1. The van der Waals surface area contributed by atoms with E-state index in [-0.39, 0.29) is 39.0 Å². The van der Waals surface area contributed by atoms with Crippen LogP contribution in [0.5, 0.6) is 0 Å². The second kappa shape index (κ2) is 21.5. The molecule has 0 saturated heterocycles. The molecule has 0 radical (unpaired) electrons. The number of rotatable bonds is 8. The maximum atomic E-state index is 12.9. The van der Waals surface area contributed by atoms with Crippen LogP contribution in [0.1, 0.15) is 270 Å². The number of Topliss-reactive ketones (excluding diaryl/α,β-unsaturated/α-hetero) is 3. The zero-order valence-electron chi connectivity index (χ0n) is 49.1. The van der Waals surface area contributed by atoms with Gasteiger partial charge in [-0.15, -0.1) is 0 Å². The third-order valence-electron chi connectivity index (χ3n) is 15.3. The smallest absolute Gasteiger partial charge is 0.220 e. The molecule has 5 aromatic rings. The van der Waals surface area contributed by atoms with Crippen molar-refractivity contribution in [3.05, 3.63) is 85.8 Å². The number of aryl methyl sites for hydroxylation is 3. The Labute approximate surface area is 442 Å². The number of ketones is 3. The summed E-state index contributed by atoms with van der Waals surface area (Å²) in [6.45, 7) is 43.5. The van der Waals surface area contributed by atoms with Crippen LogP contribution in [-0.4, -0.2) is 85.9 Å². The molecule has 3 N–H and O–H groups in total. The van der Waals surface area contributed by atoms with Gasteiger partial charge in [-0.05, 0) is 75.7 Å². The number of nitrogens with two attached hydrogens (primary N) is 1. The Morgan fingerprint density at radius 3 is 1.51 bits per heavy atom. The highest BCUT2D eigenvalue weighted by Crippen LogP contribution is 2.46. The predicted octanol–water partition coefficient (Wildman–Crippen LogP) is 12.3. The Kier molecular flexibility index (Phi) is 16.7. The van der Waals surface area contributed by atoms with E-state index in [0.29, 0.717) is 42.5 Å². The molecular formula is C59H90N12O3. The molecule has 0 saturated carbocycles. The number of hydrogen-bond donors (Lipinski definition) is 2. The lowest BCUT2D eigenvalue weighted by molar-refractivity contribution is 0.0947. The van der Waals surface area contributed by atoms with Crippen molar-refractivity contribution in [1.82, 2.24) is 54.4 Å². The highest BCUT2D eigenvalue weighted by Gasteiger charge is 2.43. The molecule has 74 heavy (non-hydrogen) atoms. The average molecular weight is 1020 g/mol. The van der Waals surface area contributed by atoms with Crippen LogP contribution in [0.25, 0.3) is 11.3 Å². The quantitative estimate of drug-likeness (QED) is 0.141. The lowest BCUT2D eigenvalue weighted by Crippen LogP contribution is -2.30. The maximum absolute atomic E-state index is 12.9. The molecule has 9 rings (SSSR count). The van der Waals surface area contributed by atoms with Crippen molar-refractivity contribution in [3.63, 3.8) is 0 Å². The van der Waals surface area contributed by atoms with E-state index in [1.807, 2.05) is 40.8 Å². The minimum absolute atomic E-state index is 0.00807. The number of aromatic amines is 1. The molecule has 5 aromatic heterocycles. The zero-order chi connectivity index (χ0) is 55.3. The SMILES string of the molecule is CC(C)c1[nH]nc2c1C(=O)CCC2(C)C.CCn1nc2c(c1C(C)C)-c1nc(N)ncc1CC2(C)C.CCn1nc2c(c1C(C)C)C(=O)/C(=C\N(C)C)CC2(C)C.CCn1nc2c(c1C(C)C)C(=O)CCC2(C)C. The van der Waals surface area contributed by atoms with Gasteiger partial charge in [-0.1, -0.05) is 111 Å². The van der Waals surface area contributed by atoms with Gasteiger partial charge in [0.2, 0.25) is 5.95 Å². The zero-order valence-corrected chi connectivity index (χ0v) is 49.1. The number of nitrogen functional groups attached to an aromatic ring is 1. The second-order valence-corrected chi connectivity index (χ2v) is 25.0. The van der Waals surface area contributed by atoms with Crippen LogP contribution in [0, 0.1) is 0 Å². The molecule has 404 valence electrons. The van der Waals surface area contributed by atoms with Crippen LogP contribution in [0.2, 0.25) is 0 Å². The van der Waals surface area contributed by atoms with Crippen molar-refractivity contribution < 1.29 is 14.4 Å². The lowest BCUT2D eigenvalue weighted by atomic mass is 9.72. The Hall–Kier alpha value is -5.73. The topological polar surface area (TPSA) is 188 Å². The van der Waals surface area contributed by atoms with E-state index in [2.05, 4.69) is 161 Å². The van der Waals surface area contributed by atoms with Gasteiger partial charge in [-0.3, -0.25) is 33.5 Å². The first-order valence-corrected chi connectivity index (χ1v) is 27.4. The third kappa shape index (κ3) is 11.0. The van der Waals surface area contributed by atoms with Crippen molar-refractivity contribution in [2.45, 2.75) is 235 Å². The van der Waals surface area contributed by atoms with E-state index in [9.17, 15) is 14.4 Å². The number of nitrogens with zero attached hydrogens (tertiary/aromatic N) is 10. The summed E-state index contributed by atoms with van der Waals surface area (Å²) in [5, 5.41) is 21.7. The number of carbonyl (C=O) groups is 3. The molecule has 0 bridgehead atoms. The Bertz CT molecular complexity index is 2920. The maximum Gasteiger partial charge on any atom is 0.220 e. The van der Waals surface area contributed by atoms with E-state index in [1.165, 1.54) is 16.8 Å². The lowest BCUT2D eigenvalue weighted by Gasteiger charge is -2.30. The summed E-state index contributed by atoms with van der Waals surface area (Å²) in [6, 6.07) is 0. The number of hydrogen-bond acceptors (Lipinski definition) is 11. The normalized spacial score (nSPS) is 18.2. The van der Waals surface area contributed by atoms with Gasteiger partial charge in [0.1, 0.15) is 0 Å². The van der Waals surface area contributed by atoms with Crippen molar-refractivity contribution in [2.75, 3.05) is 19.8 Å². The highest BCUT2D eigenvalue weighted by atomic mass is 16.1. The van der Waals surface area contributed by atoms with E-state index in [4.69, 9.17) is 15.9 Å². The molecule has 4 aliphatic carbocycles. The molecule has 0 fully saturated rings. The molecular weight excluding hydrogens is 925 g/mol. The monoisotopic (exact) mass is 1010 g/mol. The average Bonchev–Trinajstić information content (AvgIpc) is 4.12. The molecule has 0 aromatic carbocycles. The summed E-state index contributed by atoms with van der Waals surface area (Å²) in [5.41, 5.74) is 21.1. The van der Waals surface area contributed by atoms with Gasteiger partial charge < -0.3 is 10.6 Å². The molecule has 0 aliphatic heterocycles. The number of H-pyrrole nitrogens is 1. The molecule has 15 nitrogen and oxygen atoms in total. The van der Waals surface area contributed by atoms with Gasteiger partial charge in [0.05, 0.1) is 62.2 Å². The number of carbonyl (C=O) groups excluding carboxylic acids is 3. The largest absolute Gasteiger partial charge is 0.383 e. The minimum atomic E-state index is -0.102. The number of anilines is 1. The van der Waals surface area contributed by atoms with Crippen molar-refractivity contribution >= 4 is 23.3 Å². The summed E-state index contributed by atoms with van der Waals surface area (Å²) in [7, 11) is 3.92. The fraction of sp³-hybridized carbons (Fsp3) is 0.644. The Balaban J connectivity index is 0.000000162. The van der Waals surface area contributed by atoms with E-state index >= 15 is 0 Å². The van der Waals surface area contributed by atoms with Crippen molar-refractivity contribution in [1.29, 1.82) is 0 Å². The fourth-order valence-electron chi connectivity index (χ4n) is 11.5. The van der Waals surface area contributed by atoms with Crippen LogP contribution in [0.4, 0.5) is 5.95 Å². The van der Waals surface area contributed by atoms with Crippen LogP contribution >= 0.6 is 0 Å². The van der Waals surface area contributed by atoms with Crippen LogP contribution in [-0.2, 0) is 47.7 Å². The van der Waals surface area contributed by atoms with Gasteiger partial charge in [0.25, 0.3) is 0 Å².